The molecule has 1 amide bonds. The minimum absolute atomic E-state index is 0.0118. The van der Waals surface area contributed by atoms with Gasteiger partial charge >= 0.3 is 0 Å². The fourth-order valence-corrected chi connectivity index (χ4v) is 5.04. The first-order valence-electron chi connectivity index (χ1n) is 11.2. The molecule has 168 valence electrons. The third-order valence-corrected chi connectivity index (χ3v) is 6.93. The van der Waals surface area contributed by atoms with E-state index in [4.69, 9.17) is 0 Å². The van der Waals surface area contributed by atoms with Crippen LogP contribution < -0.4 is 10.9 Å². The lowest BCUT2D eigenvalue weighted by molar-refractivity contribution is -0.119. The average Bonchev–Trinajstić information content (AvgIpc) is 2.82. The summed E-state index contributed by atoms with van der Waals surface area (Å²) < 4.78 is 1.56. The molecule has 1 atom stereocenters. The first-order valence-corrected chi connectivity index (χ1v) is 12.2. The summed E-state index contributed by atoms with van der Waals surface area (Å²) in [4.78, 5) is 30.2. The molecule has 4 rings (SSSR count). The Morgan fingerprint density at radius 3 is 2.78 bits per heavy atom. The highest BCUT2D eigenvalue weighted by molar-refractivity contribution is 7.99. The van der Waals surface area contributed by atoms with E-state index >= 15 is 0 Å². The maximum atomic E-state index is 12.9. The van der Waals surface area contributed by atoms with Crippen molar-refractivity contribution in [3.05, 3.63) is 69.5 Å². The minimum Gasteiger partial charge on any atom is -0.396 e. The predicted octanol–water partition coefficient (Wildman–Crippen LogP) is 3.63. The molecule has 1 unspecified atom stereocenters. The van der Waals surface area contributed by atoms with Crippen LogP contribution in [0.15, 0.2) is 52.4 Å². The van der Waals surface area contributed by atoms with Gasteiger partial charge in [-0.1, -0.05) is 42.1 Å². The van der Waals surface area contributed by atoms with E-state index in [1.54, 1.807) is 16.7 Å². The smallest absolute Gasteiger partial charge is 0.262 e. The van der Waals surface area contributed by atoms with Crippen molar-refractivity contribution in [3.63, 3.8) is 0 Å². The van der Waals surface area contributed by atoms with Crippen LogP contribution in [0, 0.1) is 0 Å². The molecule has 6 nitrogen and oxygen atoms in total. The lowest BCUT2D eigenvalue weighted by atomic mass is 9.89. The van der Waals surface area contributed by atoms with Crippen LogP contribution in [0.3, 0.4) is 0 Å². The van der Waals surface area contributed by atoms with Gasteiger partial charge < -0.3 is 10.4 Å². The number of nitrogens with one attached hydrogen (secondary N) is 1. The van der Waals surface area contributed by atoms with E-state index in [1.165, 1.54) is 35.7 Å². The largest absolute Gasteiger partial charge is 0.396 e. The number of nitrogens with zero attached hydrogens (tertiary/aromatic N) is 2. The second kappa shape index (κ2) is 10.3. The highest BCUT2D eigenvalue weighted by Crippen LogP contribution is 2.25. The van der Waals surface area contributed by atoms with Crippen molar-refractivity contribution in [2.24, 2.45) is 0 Å². The number of aryl methyl sites for hydroxylation is 2. The molecule has 1 heterocycles. The van der Waals surface area contributed by atoms with Gasteiger partial charge in [-0.05, 0) is 67.9 Å². The Labute approximate surface area is 192 Å². The molecule has 2 aromatic carbocycles. The van der Waals surface area contributed by atoms with Gasteiger partial charge in [0, 0.05) is 13.2 Å². The van der Waals surface area contributed by atoms with E-state index < -0.39 is 0 Å². The molecule has 1 aromatic heterocycles. The number of benzene rings is 2. The summed E-state index contributed by atoms with van der Waals surface area (Å²) in [6, 6.07) is 13.6. The van der Waals surface area contributed by atoms with Crippen LogP contribution in [-0.4, -0.2) is 32.9 Å². The van der Waals surface area contributed by atoms with E-state index in [2.05, 4.69) is 28.5 Å². The van der Waals surface area contributed by atoms with Crippen LogP contribution in [0.4, 0.5) is 0 Å². The Bertz CT molecular complexity index is 1170. The summed E-state index contributed by atoms with van der Waals surface area (Å²) in [6.07, 6.45) is 5.18. The lowest BCUT2D eigenvalue weighted by Gasteiger charge is -2.20. The number of aliphatic hydroxyl groups is 1. The van der Waals surface area contributed by atoms with E-state index in [0.29, 0.717) is 29.0 Å². The predicted molar refractivity (Wildman–Crippen MR) is 128 cm³/mol. The van der Waals surface area contributed by atoms with Gasteiger partial charge in [-0.15, -0.1) is 0 Å². The summed E-state index contributed by atoms with van der Waals surface area (Å²) in [7, 11) is 0. The zero-order valence-electron chi connectivity index (χ0n) is 18.3. The molecule has 0 aliphatic heterocycles. The van der Waals surface area contributed by atoms with Crippen LogP contribution in [-0.2, 0) is 24.2 Å². The SMILES string of the molecule is CC(NC(=O)CSc1nc2ccccc2c(=O)n1CCCO)c1ccc2c(c1)CCCC2. The van der Waals surface area contributed by atoms with Gasteiger partial charge in [0.05, 0.1) is 22.7 Å². The molecule has 0 radical (unpaired) electrons. The number of fused-ring (bicyclic) bond motifs is 2. The molecule has 0 spiro atoms. The topological polar surface area (TPSA) is 84.2 Å². The Kier molecular flexibility index (Phi) is 7.27. The molecule has 0 fully saturated rings. The van der Waals surface area contributed by atoms with Crippen molar-refractivity contribution in [3.8, 4) is 0 Å². The number of rotatable bonds is 8. The van der Waals surface area contributed by atoms with Crippen LogP contribution in [0.1, 0.15) is 48.9 Å². The van der Waals surface area contributed by atoms with Gasteiger partial charge in [0.15, 0.2) is 5.16 Å². The summed E-state index contributed by atoms with van der Waals surface area (Å²) in [5, 5.41) is 13.3. The summed E-state index contributed by atoms with van der Waals surface area (Å²) in [5.74, 6) is 0.0652. The molecular formula is C25H29N3O3S. The molecule has 1 aliphatic carbocycles. The molecule has 3 aromatic rings. The first kappa shape index (κ1) is 22.6. The molecule has 2 N–H and O–H groups in total. The molecule has 0 saturated heterocycles. The molecule has 0 bridgehead atoms. The van der Waals surface area contributed by atoms with Crippen LogP contribution in [0.25, 0.3) is 10.9 Å². The number of carbonyl (C=O) groups excluding carboxylic acids is 1. The Morgan fingerprint density at radius 2 is 1.97 bits per heavy atom. The van der Waals surface area contributed by atoms with Crippen molar-refractivity contribution < 1.29 is 9.90 Å². The van der Waals surface area contributed by atoms with Gasteiger partial charge in [-0.3, -0.25) is 14.2 Å². The van der Waals surface area contributed by atoms with Gasteiger partial charge in [0.1, 0.15) is 0 Å². The van der Waals surface area contributed by atoms with Crippen molar-refractivity contribution >= 4 is 28.6 Å². The highest BCUT2D eigenvalue weighted by atomic mass is 32.2. The number of para-hydroxylation sites is 1. The maximum Gasteiger partial charge on any atom is 0.262 e. The highest BCUT2D eigenvalue weighted by Gasteiger charge is 2.16. The number of thioether (sulfide) groups is 1. The van der Waals surface area contributed by atoms with Gasteiger partial charge in [-0.2, -0.15) is 0 Å². The average molecular weight is 452 g/mol. The fourth-order valence-electron chi connectivity index (χ4n) is 4.20. The number of aliphatic hydroxyl groups excluding tert-OH is 1. The fraction of sp³-hybridized carbons (Fsp3) is 0.400. The number of aromatic nitrogens is 2. The second-order valence-corrected chi connectivity index (χ2v) is 9.20. The Balaban J connectivity index is 1.46. The molecule has 32 heavy (non-hydrogen) atoms. The monoisotopic (exact) mass is 451 g/mol. The second-order valence-electron chi connectivity index (χ2n) is 8.26. The van der Waals surface area contributed by atoms with Crippen molar-refractivity contribution in [1.29, 1.82) is 0 Å². The normalized spacial score (nSPS) is 14.2. The lowest BCUT2D eigenvalue weighted by Crippen LogP contribution is -2.29. The number of amides is 1. The number of hydrogen-bond donors (Lipinski definition) is 2. The third kappa shape index (κ3) is 5.05. The summed E-state index contributed by atoms with van der Waals surface area (Å²) in [5.41, 5.74) is 4.42. The summed E-state index contributed by atoms with van der Waals surface area (Å²) in [6.45, 7) is 2.35. The maximum absolute atomic E-state index is 12.9. The van der Waals surface area contributed by atoms with E-state index in [1.807, 2.05) is 19.1 Å². The van der Waals surface area contributed by atoms with E-state index in [-0.39, 0.29) is 29.9 Å². The number of hydrogen-bond acceptors (Lipinski definition) is 5. The third-order valence-electron chi connectivity index (χ3n) is 5.95. The molecule has 7 heteroatoms. The van der Waals surface area contributed by atoms with Crippen LogP contribution in [0.2, 0.25) is 0 Å². The standard InChI is InChI=1S/C25H29N3O3S/c1-17(19-12-11-18-7-2-3-8-20(18)15-19)26-23(30)16-32-25-27-22-10-5-4-9-21(22)24(31)28(25)13-6-14-29/h4-5,9-12,15,17,29H,2-3,6-8,13-14,16H2,1H3,(H,26,30). The molecular weight excluding hydrogens is 422 g/mol. The van der Waals surface area contributed by atoms with E-state index in [9.17, 15) is 14.7 Å². The minimum atomic E-state index is -0.144. The van der Waals surface area contributed by atoms with Gasteiger partial charge in [-0.25, -0.2) is 4.98 Å². The van der Waals surface area contributed by atoms with Crippen LogP contribution in [0.5, 0.6) is 0 Å². The van der Waals surface area contributed by atoms with Crippen molar-refractivity contribution in [2.75, 3.05) is 12.4 Å². The van der Waals surface area contributed by atoms with Gasteiger partial charge in [0.25, 0.3) is 5.56 Å². The van der Waals surface area contributed by atoms with Gasteiger partial charge in [0.2, 0.25) is 5.91 Å². The Hall–Kier alpha value is -2.64. The molecule has 1 aliphatic rings. The Morgan fingerprint density at radius 1 is 1.19 bits per heavy atom. The number of carbonyl (C=O) groups is 1. The van der Waals surface area contributed by atoms with E-state index in [0.717, 1.165) is 18.4 Å². The zero-order chi connectivity index (χ0) is 22.5. The quantitative estimate of drug-likeness (QED) is 0.404. The van der Waals surface area contributed by atoms with Crippen LogP contribution >= 0.6 is 11.8 Å². The van der Waals surface area contributed by atoms with Crippen molar-refractivity contribution in [1.82, 2.24) is 14.9 Å². The molecule has 0 saturated carbocycles. The summed E-state index contributed by atoms with van der Waals surface area (Å²) >= 11 is 1.25. The first-order chi connectivity index (χ1) is 15.6. The zero-order valence-corrected chi connectivity index (χ0v) is 19.2. The van der Waals surface area contributed by atoms with Crippen molar-refractivity contribution in [2.45, 2.75) is 56.8 Å².